The highest BCUT2D eigenvalue weighted by atomic mass is 32.2. The first-order valence-electron chi connectivity index (χ1n) is 10.6. The van der Waals surface area contributed by atoms with E-state index in [1.807, 2.05) is 29.4 Å². The molecule has 170 valence electrons. The predicted octanol–water partition coefficient (Wildman–Crippen LogP) is 2.08. The second-order valence-electron chi connectivity index (χ2n) is 7.73. The first-order chi connectivity index (χ1) is 15.1. The van der Waals surface area contributed by atoms with E-state index < -0.39 is 6.04 Å². The van der Waals surface area contributed by atoms with Crippen LogP contribution in [0.4, 0.5) is 0 Å². The molecule has 2 amide bonds. The molecule has 1 N–H and O–H groups in total. The molecule has 1 aromatic rings. The average Bonchev–Trinajstić information content (AvgIpc) is 3.36. The third kappa shape index (κ3) is 5.96. The number of amides is 2. The van der Waals surface area contributed by atoms with Crippen molar-refractivity contribution in [3.05, 3.63) is 35.9 Å². The van der Waals surface area contributed by atoms with Gasteiger partial charge in [-0.25, -0.2) is 4.79 Å². The number of piperidine rings is 1. The molecule has 0 aliphatic carbocycles. The first-order valence-corrected chi connectivity index (χ1v) is 13.2. The van der Waals surface area contributed by atoms with E-state index in [0.717, 1.165) is 17.4 Å². The number of hydrogen-bond acceptors (Lipinski definition) is 7. The fourth-order valence-corrected chi connectivity index (χ4v) is 5.56. The van der Waals surface area contributed by atoms with Crippen LogP contribution in [0.15, 0.2) is 30.3 Å². The third-order valence-corrected chi connectivity index (χ3v) is 7.43. The fraction of sp³-hybridized carbons (Fsp3) is 0.591. The van der Waals surface area contributed by atoms with Gasteiger partial charge < -0.3 is 14.5 Å². The number of carbonyl (C=O) groups is 3. The summed E-state index contributed by atoms with van der Waals surface area (Å²) in [6.45, 7) is 1.17. The Balaban J connectivity index is 1.78. The molecular formula is C22H31N3O4S2. The molecule has 2 heterocycles. The van der Waals surface area contributed by atoms with Gasteiger partial charge in [0.15, 0.2) is 0 Å². The number of ether oxygens (including phenoxy) is 1. The van der Waals surface area contributed by atoms with Crippen molar-refractivity contribution in [2.75, 3.05) is 43.8 Å². The van der Waals surface area contributed by atoms with Crippen molar-refractivity contribution in [3.63, 3.8) is 0 Å². The van der Waals surface area contributed by atoms with Gasteiger partial charge in [0.1, 0.15) is 6.04 Å². The van der Waals surface area contributed by atoms with Gasteiger partial charge >= 0.3 is 5.97 Å². The van der Waals surface area contributed by atoms with E-state index in [1.165, 1.54) is 7.11 Å². The highest BCUT2D eigenvalue weighted by Crippen LogP contribution is 2.25. The van der Waals surface area contributed by atoms with E-state index in [1.54, 1.807) is 40.6 Å². The Kier molecular flexibility index (Phi) is 9.10. The summed E-state index contributed by atoms with van der Waals surface area (Å²) in [7, 11) is 1.37. The van der Waals surface area contributed by atoms with E-state index in [0.29, 0.717) is 37.9 Å². The van der Waals surface area contributed by atoms with Crippen LogP contribution in [0, 0.1) is 0 Å². The molecule has 1 aromatic carbocycles. The molecule has 2 aliphatic heterocycles. The Hall–Kier alpha value is -1.71. The largest absolute Gasteiger partial charge is 0.467 e. The molecule has 0 bridgehead atoms. The van der Waals surface area contributed by atoms with E-state index in [4.69, 9.17) is 4.74 Å². The maximum Gasteiger partial charge on any atom is 0.328 e. The normalized spacial score (nSPS) is 20.3. The number of methoxy groups -OCH3 is 1. The maximum absolute atomic E-state index is 13.5. The number of nitrogens with one attached hydrogen (secondary N) is 1. The predicted molar refractivity (Wildman–Crippen MR) is 125 cm³/mol. The van der Waals surface area contributed by atoms with Crippen LogP contribution in [0.1, 0.15) is 29.6 Å². The van der Waals surface area contributed by atoms with Crippen LogP contribution in [0.5, 0.6) is 0 Å². The molecule has 31 heavy (non-hydrogen) atoms. The van der Waals surface area contributed by atoms with Crippen molar-refractivity contribution >= 4 is 41.3 Å². The van der Waals surface area contributed by atoms with Crippen molar-refractivity contribution in [2.45, 2.75) is 37.4 Å². The summed E-state index contributed by atoms with van der Waals surface area (Å²) >= 11 is 3.37. The minimum atomic E-state index is -0.634. The lowest BCUT2D eigenvalue weighted by atomic mass is 9.98. The summed E-state index contributed by atoms with van der Waals surface area (Å²) in [5, 5.41) is 3.24. The van der Waals surface area contributed by atoms with Crippen LogP contribution in [-0.2, 0) is 14.3 Å². The molecule has 0 spiro atoms. The van der Waals surface area contributed by atoms with Gasteiger partial charge in [-0.3, -0.25) is 14.9 Å². The van der Waals surface area contributed by atoms with Crippen molar-refractivity contribution in [1.29, 1.82) is 0 Å². The zero-order chi connectivity index (χ0) is 22.2. The second-order valence-corrected chi connectivity index (χ2v) is 9.74. The molecule has 2 fully saturated rings. The van der Waals surface area contributed by atoms with Crippen molar-refractivity contribution in [2.24, 2.45) is 0 Å². The van der Waals surface area contributed by atoms with Crippen molar-refractivity contribution < 1.29 is 19.1 Å². The molecule has 0 unspecified atom stereocenters. The minimum absolute atomic E-state index is 0.117. The highest BCUT2D eigenvalue weighted by molar-refractivity contribution is 7.99. The summed E-state index contributed by atoms with van der Waals surface area (Å²) in [4.78, 5) is 42.6. The van der Waals surface area contributed by atoms with Gasteiger partial charge in [-0.15, -0.1) is 11.8 Å². The molecule has 2 atom stereocenters. The first kappa shape index (κ1) is 23.9. The van der Waals surface area contributed by atoms with Crippen LogP contribution in [0.2, 0.25) is 0 Å². The van der Waals surface area contributed by atoms with E-state index in [2.05, 4.69) is 5.32 Å². The van der Waals surface area contributed by atoms with Gasteiger partial charge in [0.25, 0.3) is 5.91 Å². The number of thioether (sulfide) groups is 2. The fourth-order valence-electron chi connectivity index (χ4n) is 4.17. The summed E-state index contributed by atoms with van der Waals surface area (Å²) in [5.41, 5.74) is 0.561. The number of nitrogens with zero attached hydrogens (tertiary/aromatic N) is 2. The van der Waals surface area contributed by atoms with Gasteiger partial charge in [-0.05, 0) is 43.4 Å². The zero-order valence-electron chi connectivity index (χ0n) is 18.1. The van der Waals surface area contributed by atoms with Crippen molar-refractivity contribution in [1.82, 2.24) is 15.1 Å². The minimum Gasteiger partial charge on any atom is -0.467 e. The molecule has 0 saturated carbocycles. The molecule has 2 saturated heterocycles. The Bertz CT molecular complexity index is 750. The highest BCUT2D eigenvalue weighted by Gasteiger charge is 2.39. The summed E-state index contributed by atoms with van der Waals surface area (Å²) in [6.07, 6.45) is 3.82. The lowest BCUT2D eigenvalue weighted by Gasteiger charge is -2.42. The lowest BCUT2D eigenvalue weighted by molar-refractivity contribution is -0.147. The lowest BCUT2D eigenvalue weighted by Crippen LogP contribution is -2.56. The molecule has 2 aliphatic rings. The van der Waals surface area contributed by atoms with E-state index >= 15 is 0 Å². The zero-order valence-corrected chi connectivity index (χ0v) is 19.8. The SMILES string of the molecule is COC(=O)[C@H](CCSC)N(C(=O)c1ccccc1)C1CCN(C(=O)[C@@H]2CSCN2)CC1. The number of hydrogen-bond donors (Lipinski definition) is 1. The maximum atomic E-state index is 13.5. The van der Waals surface area contributed by atoms with Gasteiger partial charge in [0.2, 0.25) is 5.91 Å². The van der Waals surface area contributed by atoms with Crippen LogP contribution < -0.4 is 5.32 Å². The topological polar surface area (TPSA) is 79.0 Å². The average molecular weight is 466 g/mol. The van der Waals surface area contributed by atoms with Gasteiger partial charge in [-0.2, -0.15) is 11.8 Å². The summed E-state index contributed by atoms with van der Waals surface area (Å²) < 4.78 is 5.08. The number of likely N-dealkylation sites (tertiary alicyclic amines) is 1. The summed E-state index contributed by atoms with van der Waals surface area (Å²) in [6, 6.07) is 8.21. The molecular weight excluding hydrogens is 434 g/mol. The van der Waals surface area contributed by atoms with Crippen LogP contribution >= 0.6 is 23.5 Å². The Morgan fingerprint density at radius 2 is 1.97 bits per heavy atom. The number of rotatable bonds is 8. The van der Waals surface area contributed by atoms with E-state index in [-0.39, 0.29) is 29.9 Å². The van der Waals surface area contributed by atoms with E-state index in [9.17, 15) is 14.4 Å². The quantitative estimate of drug-likeness (QED) is 0.589. The number of esters is 1. The molecule has 7 nitrogen and oxygen atoms in total. The van der Waals surface area contributed by atoms with Crippen molar-refractivity contribution in [3.8, 4) is 0 Å². The van der Waals surface area contributed by atoms with Crippen LogP contribution in [-0.4, -0.2) is 89.5 Å². The Morgan fingerprint density at radius 3 is 2.55 bits per heavy atom. The number of benzene rings is 1. The Morgan fingerprint density at radius 1 is 1.26 bits per heavy atom. The standard InChI is InChI=1S/C22H31N3O4S2/c1-29-22(28)19(10-13-30-2)25(20(26)16-6-4-3-5-7-16)17-8-11-24(12-9-17)21(27)18-14-31-15-23-18/h3-7,17-19,23H,8-15H2,1-2H3/t18-,19-/m0/s1. The Labute approximate surface area is 192 Å². The summed E-state index contributed by atoms with van der Waals surface area (Å²) in [5.74, 6) is 1.95. The smallest absolute Gasteiger partial charge is 0.328 e. The number of carbonyl (C=O) groups excluding carboxylic acids is 3. The van der Waals surface area contributed by atoms with Crippen LogP contribution in [0.25, 0.3) is 0 Å². The van der Waals surface area contributed by atoms with Gasteiger partial charge in [0.05, 0.1) is 13.2 Å². The molecule has 0 aromatic heterocycles. The van der Waals surface area contributed by atoms with Gasteiger partial charge in [-0.1, -0.05) is 18.2 Å². The third-order valence-electron chi connectivity index (χ3n) is 5.84. The van der Waals surface area contributed by atoms with Gasteiger partial charge in [0, 0.05) is 36.3 Å². The molecule has 9 heteroatoms. The molecule has 0 radical (unpaired) electrons. The molecule has 3 rings (SSSR count). The monoisotopic (exact) mass is 465 g/mol. The second kappa shape index (κ2) is 11.8. The van der Waals surface area contributed by atoms with Crippen LogP contribution in [0.3, 0.4) is 0 Å².